The second-order valence-electron chi connectivity index (χ2n) is 5.17. The lowest BCUT2D eigenvalue weighted by molar-refractivity contribution is 0.0658. The molecule has 1 aliphatic rings. The molecule has 2 aromatic rings. The van der Waals surface area contributed by atoms with Crippen molar-refractivity contribution in [2.45, 2.75) is 19.6 Å². The zero-order valence-corrected chi connectivity index (χ0v) is 13.6. The van der Waals surface area contributed by atoms with Gasteiger partial charge in [0.15, 0.2) is 0 Å². The van der Waals surface area contributed by atoms with Crippen LogP contribution < -0.4 is 4.74 Å². The molecule has 5 heteroatoms. The summed E-state index contributed by atoms with van der Waals surface area (Å²) in [7, 11) is 0. The molecule has 0 aromatic heterocycles. The van der Waals surface area contributed by atoms with Crippen molar-refractivity contribution in [1.82, 2.24) is 0 Å². The Morgan fingerprint density at radius 3 is 2.54 bits per heavy atom. The van der Waals surface area contributed by atoms with Gasteiger partial charge in [-0.25, -0.2) is 0 Å². The van der Waals surface area contributed by atoms with E-state index < -0.39 is 17.7 Å². The molecular weight excluding hydrogens is 328 g/mol. The predicted octanol–water partition coefficient (Wildman–Crippen LogP) is 3.66. The van der Waals surface area contributed by atoms with Crippen molar-refractivity contribution in [2.24, 2.45) is 0 Å². The minimum Gasteiger partial charge on any atom is -0.488 e. The van der Waals surface area contributed by atoms with E-state index >= 15 is 0 Å². The van der Waals surface area contributed by atoms with Crippen molar-refractivity contribution >= 4 is 23.2 Å². The third kappa shape index (κ3) is 2.99. The molecule has 0 bridgehead atoms. The number of hydrogen-bond donors (Lipinski definition) is 0. The molecule has 24 heavy (non-hydrogen) atoms. The Bertz CT molecular complexity index is 859. The van der Waals surface area contributed by atoms with Gasteiger partial charge in [0, 0.05) is 17.5 Å². The molecule has 1 aliphatic carbocycles. The summed E-state index contributed by atoms with van der Waals surface area (Å²) in [5, 5.41) is 0.636. The number of ether oxygens (including phenoxy) is 2. The first kappa shape index (κ1) is 16.1. The van der Waals surface area contributed by atoms with Gasteiger partial charge in [0.1, 0.15) is 18.5 Å². The van der Waals surface area contributed by atoms with Crippen LogP contribution in [0.4, 0.5) is 0 Å². The van der Waals surface area contributed by atoms with Gasteiger partial charge in [0.05, 0.1) is 5.56 Å². The van der Waals surface area contributed by atoms with Crippen LogP contribution in [0, 0.1) is 12.0 Å². The molecule has 0 saturated carbocycles. The fraction of sp³-hybridized carbons (Fsp3) is 0.158. The van der Waals surface area contributed by atoms with Crippen LogP contribution in [0.1, 0.15) is 33.2 Å². The first-order chi connectivity index (χ1) is 11.6. The van der Waals surface area contributed by atoms with E-state index in [0.29, 0.717) is 16.3 Å². The summed E-state index contributed by atoms with van der Waals surface area (Å²) in [5.41, 5.74) is 1.45. The molecule has 0 heterocycles. The third-order valence-corrected chi connectivity index (χ3v) is 3.85. The smallest absolute Gasteiger partial charge is 0.235 e. The number of ketones is 2. The van der Waals surface area contributed by atoms with Gasteiger partial charge < -0.3 is 9.47 Å². The molecule has 4 nitrogen and oxygen atoms in total. The maximum atomic E-state index is 12.5. The Balaban J connectivity index is 1.85. The predicted molar refractivity (Wildman–Crippen MR) is 89.2 cm³/mol. The van der Waals surface area contributed by atoms with E-state index in [-0.39, 0.29) is 12.2 Å². The van der Waals surface area contributed by atoms with Gasteiger partial charge in [-0.3, -0.25) is 9.59 Å². The SMILES string of the molecule is CC#COC1C(=O)c2cccc(OCc3ccc(Cl)cc3)c2C1=O. The number of Topliss-reactive ketones (excluding diaryl/α,β-unsaturated/α-hetero) is 2. The van der Waals surface area contributed by atoms with Crippen LogP contribution in [-0.4, -0.2) is 17.7 Å². The van der Waals surface area contributed by atoms with E-state index in [1.807, 2.05) is 12.1 Å². The van der Waals surface area contributed by atoms with Gasteiger partial charge in [-0.2, -0.15) is 0 Å². The molecule has 1 atom stereocenters. The molecule has 0 N–H and O–H groups in total. The summed E-state index contributed by atoms with van der Waals surface area (Å²) >= 11 is 5.85. The minimum atomic E-state index is -1.22. The van der Waals surface area contributed by atoms with Crippen molar-refractivity contribution in [3.8, 4) is 17.8 Å². The summed E-state index contributed by atoms with van der Waals surface area (Å²) in [6.45, 7) is 1.83. The number of rotatable bonds is 4. The summed E-state index contributed by atoms with van der Waals surface area (Å²) in [4.78, 5) is 24.8. The van der Waals surface area contributed by atoms with Gasteiger partial charge in [0.25, 0.3) is 0 Å². The molecule has 0 fully saturated rings. The van der Waals surface area contributed by atoms with E-state index in [1.54, 1.807) is 37.3 Å². The quantitative estimate of drug-likeness (QED) is 0.629. The van der Waals surface area contributed by atoms with Crippen LogP contribution in [0.25, 0.3) is 0 Å². The summed E-state index contributed by atoms with van der Waals surface area (Å²) in [6, 6.07) is 12.1. The van der Waals surface area contributed by atoms with Crippen LogP contribution in [0.15, 0.2) is 42.5 Å². The summed E-state index contributed by atoms with van der Waals surface area (Å²) in [5.74, 6) is 2.05. The van der Waals surface area contributed by atoms with Gasteiger partial charge >= 0.3 is 0 Å². The van der Waals surface area contributed by atoms with Gasteiger partial charge in [-0.05, 0) is 23.8 Å². The highest BCUT2D eigenvalue weighted by Gasteiger charge is 2.42. The molecular formula is C19H13ClO4. The highest BCUT2D eigenvalue weighted by atomic mass is 35.5. The van der Waals surface area contributed by atoms with Crippen molar-refractivity contribution in [2.75, 3.05) is 0 Å². The van der Waals surface area contributed by atoms with Crippen LogP contribution in [0.5, 0.6) is 5.75 Å². The first-order valence-corrected chi connectivity index (χ1v) is 7.65. The average molecular weight is 341 g/mol. The van der Waals surface area contributed by atoms with Crippen LogP contribution in [0.2, 0.25) is 5.02 Å². The monoisotopic (exact) mass is 340 g/mol. The zero-order chi connectivity index (χ0) is 17.1. The van der Waals surface area contributed by atoms with Gasteiger partial charge in [-0.15, -0.1) is 0 Å². The zero-order valence-electron chi connectivity index (χ0n) is 12.8. The maximum absolute atomic E-state index is 12.5. The van der Waals surface area contributed by atoms with E-state index in [4.69, 9.17) is 21.1 Å². The topological polar surface area (TPSA) is 52.6 Å². The lowest BCUT2D eigenvalue weighted by atomic mass is 10.1. The van der Waals surface area contributed by atoms with Crippen molar-refractivity contribution in [1.29, 1.82) is 0 Å². The number of carbonyl (C=O) groups excluding carboxylic acids is 2. The summed E-state index contributed by atoms with van der Waals surface area (Å²) < 4.78 is 10.8. The lowest BCUT2D eigenvalue weighted by Crippen LogP contribution is -2.23. The van der Waals surface area contributed by atoms with E-state index in [1.165, 1.54) is 0 Å². The Morgan fingerprint density at radius 2 is 1.83 bits per heavy atom. The Labute approximate surface area is 144 Å². The minimum absolute atomic E-state index is 0.249. The Hall–Kier alpha value is -2.77. The fourth-order valence-corrected chi connectivity index (χ4v) is 2.59. The van der Waals surface area contributed by atoms with Gasteiger partial charge in [-0.1, -0.05) is 41.8 Å². The van der Waals surface area contributed by atoms with Gasteiger partial charge in [0.2, 0.25) is 17.7 Å². The Kier molecular flexibility index (Phi) is 4.54. The second-order valence-corrected chi connectivity index (χ2v) is 5.61. The number of fused-ring (bicyclic) bond motifs is 1. The van der Waals surface area contributed by atoms with Crippen molar-refractivity contribution in [3.63, 3.8) is 0 Å². The molecule has 1 unspecified atom stereocenters. The number of halogens is 1. The van der Waals surface area contributed by atoms with E-state index in [9.17, 15) is 9.59 Å². The number of hydrogen-bond acceptors (Lipinski definition) is 4. The molecule has 120 valence electrons. The second kappa shape index (κ2) is 6.77. The van der Waals surface area contributed by atoms with Crippen molar-refractivity contribution in [3.05, 3.63) is 64.2 Å². The molecule has 0 spiro atoms. The molecule has 0 radical (unpaired) electrons. The molecule has 0 aliphatic heterocycles. The third-order valence-electron chi connectivity index (χ3n) is 3.60. The summed E-state index contributed by atoms with van der Waals surface area (Å²) in [6.07, 6.45) is 1.11. The van der Waals surface area contributed by atoms with Crippen LogP contribution >= 0.6 is 11.6 Å². The Morgan fingerprint density at radius 1 is 1.08 bits per heavy atom. The largest absolute Gasteiger partial charge is 0.488 e. The number of benzene rings is 2. The molecule has 0 saturated heterocycles. The van der Waals surface area contributed by atoms with Crippen molar-refractivity contribution < 1.29 is 19.1 Å². The molecule has 0 amide bonds. The normalized spacial score (nSPS) is 15.5. The highest BCUT2D eigenvalue weighted by molar-refractivity contribution is 6.30. The maximum Gasteiger partial charge on any atom is 0.235 e. The average Bonchev–Trinajstić information content (AvgIpc) is 2.84. The molecule has 3 rings (SSSR count). The molecule has 2 aromatic carbocycles. The first-order valence-electron chi connectivity index (χ1n) is 7.28. The highest BCUT2D eigenvalue weighted by Crippen LogP contribution is 2.32. The number of carbonyl (C=O) groups is 2. The van der Waals surface area contributed by atoms with Crippen LogP contribution in [0.3, 0.4) is 0 Å². The standard InChI is InChI=1S/C19H13ClO4/c1-2-10-23-19-17(21)14-4-3-5-15(16(14)18(19)22)24-11-12-6-8-13(20)9-7-12/h3-9,19H,11H2,1H3. The van der Waals surface area contributed by atoms with E-state index in [2.05, 4.69) is 12.0 Å². The lowest BCUT2D eigenvalue weighted by Gasteiger charge is -2.09. The van der Waals surface area contributed by atoms with E-state index in [0.717, 1.165) is 5.56 Å². The van der Waals surface area contributed by atoms with Crippen LogP contribution in [-0.2, 0) is 11.3 Å². The fourth-order valence-electron chi connectivity index (χ4n) is 2.47.